The van der Waals surface area contributed by atoms with Gasteiger partial charge in [-0.05, 0) is 55.6 Å². The minimum Gasteiger partial charge on any atom is -0.313 e. The second kappa shape index (κ2) is 6.19. The van der Waals surface area contributed by atoms with Crippen LogP contribution in [0, 0.1) is 16.7 Å². The number of hydrogen-bond acceptors (Lipinski definition) is 2. The van der Waals surface area contributed by atoms with Gasteiger partial charge in [-0.3, -0.25) is 0 Å². The van der Waals surface area contributed by atoms with E-state index < -0.39 is 0 Å². The SMILES string of the molecule is CC(C)(CN1CCC(C(C)(C)C)CC1)C1=CCNCC1. The third-order valence-electron chi connectivity index (χ3n) is 5.36. The molecule has 2 heteroatoms. The zero-order valence-electron chi connectivity index (χ0n) is 14.3. The van der Waals surface area contributed by atoms with E-state index in [1.54, 1.807) is 5.57 Å². The van der Waals surface area contributed by atoms with Crippen LogP contribution in [-0.4, -0.2) is 37.6 Å². The van der Waals surface area contributed by atoms with Gasteiger partial charge in [0.25, 0.3) is 0 Å². The highest BCUT2D eigenvalue weighted by atomic mass is 15.1. The van der Waals surface area contributed by atoms with Crippen LogP contribution in [0.3, 0.4) is 0 Å². The van der Waals surface area contributed by atoms with Crippen molar-refractivity contribution in [2.45, 2.75) is 53.9 Å². The number of nitrogens with one attached hydrogen (secondary N) is 1. The Bertz CT molecular complexity index is 341. The van der Waals surface area contributed by atoms with Gasteiger partial charge in [-0.15, -0.1) is 0 Å². The van der Waals surface area contributed by atoms with Crippen LogP contribution < -0.4 is 5.32 Å². The van der Waals surface area contributed by atoms with Gasteiger partial charge in [0.1, 0.15) is 0 Å². The summed E-state index contributed by atoms with van der Waals surface area (Å²) in [6.07, 6.45) is 6.40. The van der Waals surface area contributed by atoms with E-state index in [9.17, 15) is 0 Å². The maximum Gasteiger partial charge on any atom is 0.0137 e. The normalized spacial score (nSPS) is 23.8. The fraction of sp³-hybridized carbons (Fsp3) is 0.889. The van der Waals surface area contributed by atoms with Gasteiger partial charge in [0.05, 0.1) is 0 Å². The summed E-state index contributed by atoms with van der Waals surface area (Å²) in [4.78, 5) is 2.70. The van der Waals surface area contributed by atoms with Crippen molar-refractivity contribution in [1.82, 2.24) is 10.2 Å². The van der Waals surface area contributed by atoms with Gasteiger partial charge in [-0.25, -0.2) is 0 Å². The van der Waals surface area contributed by atoms with Gasteiger partial charge < -0.3 is 10.2 Å². The van der Waals surface area contributed by atoms with Crippen LogP contribution in [0.5, 0.6) is 0 Å². The van der Waals surface area contributed by atoms with Crippen molar-refractivity contribution in [2.24, 2.45) is 16.7 Å². The predicted octanol–water partition coefficient (Wildman–Crippen LogP) is 3.69. The lowest BCUT2D eigenvalue weighted by Gasteiger charge is -2.42. The largest absolute Gasteiger partial charge is 0.313 e. The minimum absolute atomic E-state index is 0.344. The summed E-state index contributed by atoms with van der Waals surface area (Å²) in [7, 11) is 0. The number of piperidine rings is 1. The first-order valence-electron chi connectivity index (χ1n) is 8.41. The summed E-state index contributed by atoms with van der Waals surface area (Å²) in [5.74, 6) is 0.903. The van der Waals surface area contributed by atoms with Crippen LogP contribution in [0.2, 0.25) is 0 Å². The molecule has 0 spiro atoms. The van der Waals surface area contributed by atoms with Crippen LogP contribution in [0.1, 0.15) is 53.9 Å². The monoisotopic (exact) mass is 278 g/mol. The van der Waals surface area contributed by atoms with E-state index in [0.29, 0.717) is 10.8 Å². The molecule has 1 saturated heterocycles. The van der Waals surface area contributed by atoms with Crippen molar-refractivity contribution in [3.8, 4) is 0 Å². The standard InChI is InChI=1S/C18H34N2/c1-17(2,3)15-8-12-20(13-9-15)14-18(4,5)16-6-10-19-11-7-16/h6,15,19H,7-14H2,1-5H3. The summed E-state index contributed by atoms with van der Waals surface area (Å²) in [5, 5.41) is 3.42. The Morgan fingerprint density at radius 2 is 1.80 bits per heavy atom. The van der Waals surface area contributed by atoms with Crippen LogP contribution in [0.15, 0.2) is 11.6 Å². The van der Waals surface area contributed by atoms with Crippen LogP contribution in [0.4, 0.5) is 0 Å². The van der Waals surface area contributed by atoms with E-state index in [0.717, 1.165) is 19.0 Å². The Labute approximate surface area is 126 Å². The molecule has 2 aliphatic rings. The summed E-state index contributed by atoms with van der Waals surface area (Å²) >= 11 is 0. The van der Waals surface area contributed by atoms with Crippen molar-refractivity contribution in [3.05, 3.63) is 11.6 Å². The lowest BCUT2D eigenvalue weighted by atomic mass is 9.74. The molecule has 116 valence electrons. The fourth-order valence-electron chi connectivity index (χ4n) is 3.85. The number of likely N-dealkylation sites (tertiary alicyclic amines) is 1. The quantitative estimate of drug-likeness (QED) is 0.792. The molecule has 0 bridgehead atoms. The molecule has 0 aromatic heterocycles. The highest BCUT2D eigenvalue weighted by Gasteiger charge is 2.32. The van der Waals surface area contributed by atoms with Crippen molar-refractivity contribution >= 4 is 0 Å². The Balaban J connectivity index is 1.87. The lowest BCUT2D eigenvalue weighted by molar-refractivity contribution is 0.0914. The molecule has 0 radical (unpaired) electrons. The van der Waals surface area contributed by atoms with E-state index in [-0.39, 0.29) is 0 Å². The highest BCUT2D eigenvalue weighted by Crippen LogP contribution is 2.36. The Morgan fingerprint density at radius 3 is 2.30 bits per heavy atom. The smallest absolute Gasteiger partial charge is 0.0137 e. The number of hydrogen-bond donors (Lipinski definition) is 1. The Hall–Kier alpha value is -0.340. The zero-order chi connectivity index (χ0) is 14.8. The van der Waals surface area contributed by atoms with Crippen molar-refractivity contribution in [1.29, 1.82) is 0 Å². The minimum atomic E-state index is 0.344. The summed E-state index contributed by atoms with van der Waals surface area (Å²) in [5.41, 5.74) is 2.49. The summed E-state index contributed by atoms with van der Waals surface area (Å²) < 4.78 is 0. The molecule has 0 amide bonds. The molecular formula is C18H34N2. The molecule has 0 aliphatic carbocycles. The van der Waals surface area contributed by atoms with Gasteiger partial charge in [0, 0.05) is 13.1 Å². The second-order valence-electron chi connectivity index (χ2n) is 8.48. The fourth-order valence-corrected chi connectivity index (χ4v) is 3.85. The Morgan fingerprint density at radius 1 is 1.15 bits per heavy atom. The first kappa shape index (κ1) is 16.0. The molecule has 2 nitrogen and oxygen atoms in total. The zero-order valence-corrected chi connectivity index (χ0v) is 14.3. The van der Waals surface area contributed by atoms with Crippen molar-refractivity contribution < 1.29 is 0 Å². The maximum atomic E-state index is 3.42. The molecule has 1 N–H and O–H groups in total. The summed E-state index contributed by atoms with van der Waals surface area (Å²) in [6.45, 7) is 18.1. The van der Waals surface area contributed by atoms with Crippen LogP contribution in [0.25, 0.3) is 0 Å². The van der Waals surface area contributed by atoms with Gasteiger partial charge in [-0.1, -0.05) is 46.3 Å². The third kappa shape index (κ3) is 4.08. The molecule has 0 atom stereocenters. The van der Waals surface area contributed by atoms with Gasteiger partial charge in [0.15, 0.2) is 0 Å². The first-order chi connectivity index (χ1) is 9.29. The average Bonchev–Trinajstić information content (AvgIpc) is 2.39. The number of rotatable bonds is 3. The second-order valence-corrected chi connectivity index (χ2v) is 8.48. The first-order valence-corrected chi connectivity index (χ1v) is 8.41. The van der Waals surface area contributed by atoms with Crippen molar-refractivity contribution in [3.63, 3.8) is 0 Å². The molecular weight excluding hydrogens is 244 g/mol. The van der Waals surface area contributed by atoms with E-state index >= 15 is 0 Å². The molecule has 0 unspecified atom stereocenters. The lowest BCUT2D eigenvalue weighted by Crippen LogP contribution is -2.43. The van der Waals surface area contributed by atoms with Gasteiger partial charge >= 0.3 is 0 Å². The van der Waals surface area contributed by atoms with E-state index in [1.165, 1.54) is 38.9 Å². The average molecular weight is 278 g/mol. The van der Waals surface area contributed by atoms with Gasteiger partial charge in [0.2, 0.25) is 0 Å². The van der Waals surface area contributed by atoms with E-state index in [2.05, 4.69) is 50.9 Å². The molecule has 0 aromatic carbocycles. The molecule has 0 aromatic rings. The topological polar surface area (TPSA) is 15.3 Å². The van der Waals surface area contributed by atoms with Crippen LogP contribution in [-0.2, 0) is 0 Å². The van der Waals surface area contributed by atoms with Gasteiger partial charge in [-0.2, -0.15) is 0 Å². The predicted molar refractivity (Wildman–Crippen MR) is 88.0 cm³/mol. The molecule has 1 fully saturated rings. The molecule has 0 saturated carbocycles. The summed E-state index contributed by atoms with van der Waals surface area (Å²) in [6, 6.07) is 0. The van der Waals surface area contributed by atoms with Crippen LogP contribution >= 0.6 is 0 Å². The highest BCUT2D eigenvalue weighted by molar-refractivity contribution is 5.16. The molecule has 2 heterocycles. The van der Waals surface area contributed by atoms with Crippen molar-refractivity contribution in [2.75, 3.05) is 32.7 Å². The maximum absolute atomic E-state index is 3.42. The van der Waals surface area contributed by atoms with E-state index in [4.69, 9.17) is 0 Å². The molecule has 2 aliphatic heterocycles. The third-order valence-corrected chi connectivity index (χ3v) is 5.36. The van der Waals surface area contributed by atoms with E-state index in [1.807, 2.05) is 0 Å². The molecule has 2 rings (SSSR count). The number of nitrogens with zero attached hydrogens (tertiary/aromatic N) is 1. The Kier molecular flexibility index (Phi) is 4.96. The molecule has 20 heavy (non-hydrogen) atoms.